The first-order valence-electron chi connectivity index (χ1n) is 8.48. The summed E-state index contributed by atoms with van der Waals surface area (Å²) in [5.41, 5.74) is 1.56. The second-order valence-electron chi connectivity index (χ2n) is 6.48. The largest absolute Gasteiger partial charge is 0.339 e. The third-order valence-corrected chi connectivity index (χ3v) is 5.73. The van der Waals surface area contributed by atoms with Gasteiger partial charge < -0.3 is 4.90 Å². The lowest BCUT2D eigenvalue weighted by molar-refractivity contribution is 0.526. The van der Waals surface area contributed by atoms with Crippen molar-refractivity contribution in [3.8, 4) is 0 Å². The van der Waals surface area contributed by atoms with Crippen LogP contribution >= 0.6 is 11.3 Å². The molecule has 1 aliphatic heterocycles. The molecule has 0 N–H and O–H groups in total. The molecule has 0 radical (unpaired) electrons. The molecule has 2 atom stereocenters. The summed E-state index contributed by atoms with van der Waals surface area (Å²) in [4.78, 5) is 19.5. The molecule has 4 rings (SSSR count). The number of aromatic nitrogens is 3. The number of anilines is 1. The van der Waals surface area contributed by atoms with Gasteiger partial charge in [0, 0.05) is 18.3 Å². The third kappa shape index (κ3) is 2.82. The Morgan fingerprint density at radius 3 is 2.96 bits per heavy atom. The van der Waals surface area contributed by atoms with Crippen molar-refractivity contribution in [3.05, 3.63) is 57.8 Å². The number of hydrogen-bond acceptors (Lipinski definition) is 5. The smallest absolute Gasteiger partial charge is 0.275 e. The standard InChI is InChI=1S/C18H19FN4OS/c1-3-14-10-15(24)23-17(20-14)25-18(21-23)22-8-7-11(2)16(22)12-5-4-6-13(19)9-12/h4-6,9-11,16H,3,7-8H2,1-2H3. The topological polar surface area (TPSA) is 50.5 Å². The first-order valence-corrected chi connectivity index (χ1v) is 9.30. The molecule has 0 amide bonds. The van der Waals surface area contributed by atoms with Crippen molar-refractivity contribution in [2.75, 3.05) is 11.4 Å². The van der Waals surface area contributed by atoms with E-state index in [-0.39, 0.29) is 17.4 Å². The number of rotatable bonds is 3. The van der Waals surface area contributed by atoms with Gasteiger partial charge in [-0.2, -0.15) is 4.52 Å². The Hall–Kier alpha value is -2.28. The molecule has 0 bridgehead atoms. The van der Waals surface area contributed by atoms with Crippen molar-refractivity contribution < 1.29 is 4.39 Å². The zero-order valence-electron chi connectivity index (χ0n) is 14.1. The van der Waals surface area contributed by atoms with E-state index in [2.05, 4.69) is 21.9 Å². The molecular formula is C18H19FN4OS. The van der Waals surface area contributed by atoms with E-state index < -0.39 is 0 Å². The van der Waals surface area contributed by atoms with Crippen LogP contribution in [0, 0.1) is 11.7 Å². The summed E-state index contributed by atoms with van der Waals surface area (Å²) in [6.07, 6.45) is 1.71. The van der Waals surface area contributed by atoms with Crippen LogP contribution in [0.3, 0.4) is 0 Å². The molecule has 0 spiro atoms. The molecule has 130 valence electrons. The minimum Gasteiger partial charge on any atom is -0.339 e. The summed E-state index contributed by atoms with van der Waals surface area (Å²) in [7, 11) is 0. The van der Waals surface area contributed by atoms with Crippen molar-refractivity contribution in [3.63, 3.8) is 0 Å². The third-order valence-electron chi connectivity index (χ3n) is 4.79. The van der Waals surface area contributed by atoms with Gasteiger partial charge in [-0.1, -0.05) is 37.3 Å². The average molecular weight is 358 g/mol. The van der Waals surface area contributed by atoms with Crippen molar-refractivity contribution in [2.24, 2.45) is 5.92 Å². The average Bonchev–Trinajstić information content (AvgIpc) is 3.18. The minimum atomic E-state index is -0.230. The minimum absolute atomic E-state index is 0.0533. The molecule has 1 saturated heterocycles. The maximum atomic E-state index is 13.7. The Morgan fingerprint density at radius 2 is 2.20 bits per heavy atom. The van der Waals surface area contributed by atoms with Crippen molar-refractivity contribution in [2.45, 2.75) is 32.7 Å². The van der Waals surface area contributed by atoms with Gasteiger partial charge in [-0.3, -0.25) is 4.79 Å². The summed E-state index contributed by atoms with van der Waals surface area (Å²) in [5.74, 6) is 0.149. The molecule has 1 fully saturated rings. The lowest BCUT2D eigenvalue weighted by atomic mass is 9.95. The molecule has 7 heteroatoms. The van der Waals surface area contributed by atoms with E-state index in [4.69, 9.17) is 0 Å². The Bertz CT molecular complexity index is 983. The molecule has 3 heterocycles. The zero-order chi connectivity index (χ0) is 17.6. The Morgan fingerprint density at radius 1 is 1.36 bits per heavy atom. The van der Waals surface area contributed by atoms with Crippen molar-refractivity contribution in [1.82, 2.24) is 14.6 Å². The Balaban J connectivity index is 1.78. The van der Waals surface area contributed by atoms with Gasteiger partial charge >= 0.3 is 0 Å². The highest BCUT2D eigenvalue weighted by Gasteiger charge is 2.34. The van der Waals surface area contributed by atoms with E-state index in [0.29, 0.717) is 17.3 Å². The fourth-order valence-corrected chi connectivity index (χ4v) is 4.49. The van der Waals surface area contributed by atoms with Crippen LogP contribution in [-0.2, 0) is 6.42 Å². The molecule has 1 aliphatic rings. The zero-order valence-corrected chi connectivity index (χ0v) is 15.0. The number of benzene rings is 1. The summed E-state index contributed by atoms with van der Waals surface area (Å²) >= 11 is 1.42. The highest BCUT2D eigenvalue weighted by molar-refractivity contribution is 7.20. The van der Waals surface area contributed by atoms with E-state index >= 15 is 0 Å². The van der Waals surface area contributed by atoms with Crippen LogP contribution in [0.2, 0.25) is 0 Å². The molecular weight excluding hydrogens is 339 g/mol. The summed E-state index contributed by atoms with van der Waals surface area (Å²) in [5, 5.41) is 5.26. The van der Waals surface area contributed by atoms with Gasteiger partial charge in [-0.15, -0.1) is 5.10 Å². The van der Waals surface area contributed by atoms with Gasteiger partial charge in [0.2, 0.25) is 10.1 Å². The first-order chi connectivity index (χ1) is 12.1. The molecule has 3 aromatic rings. The number of fused-ring (bicyclic) bond motifs is 1. The second-order valence-corrected chi connectivity index (χ2v) is 7.41. The lowest BCUT2D eigenvalue weighted by Gasteiger charge is -2.26. The quantitative estimate of drug-likeness (QED) is 0.720. The SMILES string of the molecule is CCc1cc(=O)n2nc(N3CCC(C)C3c3cccc(F)c3)sc2n1. The monoisotopic (exact) mass is 358 g/mol. The maximum absolute atomic E-state index is 13.7. The fourth-order valence-electron chi connectivity index (χ4n) is 3.50. The van der Waals surface area contributed by atoms with E-state index in [1.54, 1.807) is 12.1 Å². The highest BCUT2D eigenvalue weighted by Crippen LogP contribution is 2.41. The normalized spacial score (nSPS) is 20.5. The van der Waals surface area contributed by atoms with Gasteiger partial charge in [0.05, 0.1) is 6.04 Å². The number of aryl methyl sites for hydroxylation is 1. The highest BCUT2D eigenvalue weighted by atomic mass is 32.1. The number of hydrogen-bond donors (Lipinski definition) is 0. The molecule has 0 saturated carbocycles. The van der Waals surface area contributed by atoms with E-state index in [0.717, 1.165) is 29.4 Å². The van der Waals surface area contributed by atoms with Gasteiger partial charge in [-0.25, -0.2) is 9.37 Å². The van der Waals surface area contributed by atoms with E-state index in [1.807, 2.05) is 13.0 Å². The van der Waals surface area contributed by atoms with Crippen LogP contribution in [0.15, 0.2) is 35.1 Å². The Kier molecular flexibility index (Phi) is 4.03. The summed E-state index contributed by atoms with van der Waals surface area (Å²) < 4.78 is 15.1. The molecule has 5 nitrogen and oxygen atoms in total. The lowest BCUT2D eigenvalue weighted by Crippen LogP contribution is -2.25. The molecule has 1 aromatic carbocycles. The van der Waals surface area contributed by atoms with Crippen LogP contribution in [0.25, 0.3) is 4.96 Å². The predicted molar refractivity (Wildman–Crippen MR) is 96.8 cm³/mol. The fraction of sp³-hybridized carbons (Fsp3) is 0.389. The molecule has 2 aromatic heterocycles. The first kappa shape index (κ1) is 16.2. The number of halogens is 1. The van der Waals surface area contributed by atoms with E-state index in [1.165, 1.54) is 28.0 Å². The Labute approximate surface area is 148 Å². The summed E-state index contributed by atoms with van der Waals surface area (Å²) in [6, 6.07) is 8.33. The maximum Gasteiger partial charge on any atom is 0.275 e. The molecule has 25 heavy (non-hydrogen) atoms. The van der Waals surface area contributed by atoms with Gasteiger partial charge in [0.1, 0.15) is 5.82 Å². The van der Waals surface area contributed by atoms with Crippen LogP contribution in [0.4, 0.5) is 9.52 Å². The van der Waals surface area contributed by atoms with Crippen molar-refractivity contribution in [1.29, 1.82) is 0 Å². The van der Waals surface area contributed by atoms with Crippen LogP contribution < -0.4 is 10.5 Å². The van der Waals surface area contributed by atoms with Gasteiger partial charge in [0.15, 0.2) is 0 Å². The molecule has 2 unspecified atom stereocenters. The number of nitrogens with zero attached hydrogens (tertiary/aromatic N) is 4. The summed E-state index contributed by atoms with van der Waals surface area (Å²) in [6.45, 7) is 4.97. The van der Waals surface area contributed by atoms with Crippen LogP contribution in [0.1, 0.15) is 37.6 Å². The van der Waals surface area contributed by atoms with Crippen molar-refractivity contribution >= 4 is 21.4 Å². The second kappa shape index (κ2) is 6.22. The van der Waals surface area contributed by atoms with Gasteiger partial charge in [-0.05, 0) is 36.5 Å². The van der Waals surface area contributed by atoms with Gasteiger partial charge in [0.25, 0.3) is 5.56 Å². The van der Waals surface area contributed by atoms with Crippen LogP contribution in [0.5, 0.6) is 0 Å². The van der Waals surface area contributed by atoms with E-state index in [9.17, 15) is 9.18 Å². The predicted octanol–water partition coefficient (Wildman–Crippen LogP) is 3.44. The van der Waals surface area contributed by atoms with Crippen LogP contribution in [-0.4, -0.2) is 21.1 Å². The molecule has 0 aliphatic carbocycles.